The molecule has 25 heavy (non-hydrogen) atoms. The molecule has 1 fully saturated rings. The van der Waals surface area contributed by atoms with E-state index in [9.17, 15) is 19.5 Å². The van der Waals surface area contributed by atoms with Crippen molar-refractivity contribution in [1.29, 1.82) is 0 Å². The zero-order valence-corrected chi connectivity index (χ0v) is 13.2. The summed E-state index contributed by atoms with van der Waals surface area (Å²) >= 11 is 0. The van der Waals surface area contributed by atoms with Crippen molar-refractivity contribution in [1.82, 2.24) is 5.32 Å². The fraction of sp³-hybridized carbons (Fsp3) is 0.0556. The van der Waals surface area contributed by atoms with Crippen molar-refractivity contribution in [2.24, 2.45) is 0 Å². The number of carbonyl (C=O) groups excluding carboxylic acids is 3. The summed E-state index contributed by atoms with van der Waals surface area (Å²) in [5.41, 5.74) is 0.635. The molecule has 0 spiro atoms. The summed E-state index contributed by atoms with van der Waals surface area (Å²) in [5, 5.41) is 11.5. The molecule has 2 aromatic carbocycles. The van der Waals surface area contributed by atoms with Crippen LogP contribution in [0.5, 0.6) is 11.5 Å². The number of amides is 4. The lowest BCUT2D eigenvalue weighted by Crippen LogP contribution is -2.54. The van der Waals surface area contributed by atoms with E-state index in [0.717, 1.165) is 4.90 Å². The third kappa shape index (κ3) is 3.20. The SMILES string of the molecule is COc1cccc(N2C(=O)NC(=O)C(=Cc3ccc(O)cc3)C2=O)c1. The summed E-state index contributed by atoms with van der Waals surface area (Å²) in [5.74, 6) is -0.980. The normalized spacial score (nSPS) is 16.1. The molecule has 126 valence electrons. The number of benzene rings is 2. The highest BCUT2D eigenvalue weighted by molar-refractivity contribution is 6.39. The van der Waals surface area contributed by atoms with E-state index < -0.39 is 17.8 Å². The first-order valence-corrected chi connectivity index (χ1v) is 7.34. The van der Waals surface area contributed by atoms with Gasteiger partial charge in [-0.05, 0) is 35.9 Å². The van der Waals surface area contributed by atoms with Crippen molar-refractivity contribution in [2.75, 3.05) is 12.0 Å². The van der Waals surface area contributed by atoms with Crippen molar-refractivity contribution in [3.05, 3.63) is 59.7 Å². The number of aromatic hydroxyl groups is 1. The van der Waals surface area contributed by atoms with Gasteiger partial charge in [0, 0.05) is 6.07 Å². The molecule has 0 atom stereocenters. The van der Waals surface area contributed by atoms with Crippen LogP contribution in [-0.2, 0) is 9.59 Å². The number of ether oxygens (including phenoxy) is 1. The number of imide groups is 2. The Morgan fingerprint density at radius 2 is 1.80 bits per heavy atom. The Hall–Kier alpha value is -3.61. The molecule has 4 amide bonds. The van der Waals surface area contributed by atoms with Crippen LogP contribution in [0.2, 0.25) is 0 Å². The van der Waals surface area contributed by atoms with Gasteiger partial charge in [0.25, 0.3) is 11.8 Å². The quantitative estimate of drug-likeness (QED) is 0.660. The van der Waals surface area contributed by atoms with Crippen molar-refractivity contribution in [3.8, 4) is 11.5 Å². The van der Waals surface area contributed by atoms with Crippen LogP contribution in [0.15, 0.2) is 54.1 Å². The van der Waals surface area contributed by atoms with Crippen molar-refractivity contribution in [2.45, 2.75) is 0 Å². The molecule has 3 rings (SSSR count). The van der Waals surface area contributed by atoms with E-state index >= 15 is 0 Å². The van der Waals surface area contributed by atoms with E-state index in [4.69, 9.17) is 4.74 Å². The Bertz CT molecular complexity index is 887. The third-order valence-electron chi connectivity index (χ3n) is 3.62. The maximum absolute atomic E-state index is 12.7. The smallest absolute Gasteiger partial charge is 0.335 e. The zero-order valence-electron chi connectivity index (χ0n) is 13.2. The standard InChI is InChI=1S/C18H14N2O5/c1-25-14-4-2-3-12(10-14)20-17(23)15(16(22)19-18(20)24)9-11-5-7-13(21)8-6-11/h2-10,21H,1H3,(H,19,22,24). The van der Waals surface area contributed by atoms with Gasteiger partial charge in [-0.15, -0.1) is 0 Å². The average Bonchev–Trinajstić information content (AvgIpc) is 2.60. The Morgan fingerprint density at radius 1 is 1.08 bits per heavy atom. The Labute approximate surface area is 143 Å². The Balaban J connectivity index is 2.00. The molecule has 2 aromatic rings. The second-order valence-corrected chi connectivity index (χ2v) is 5.25. The van der Waals surface area contributed by atoms with Crippen molar-refractivity contribution >= 4 is 29.6 Å². The van der Waals surface area contributed by atoms with Crippen molar-refractivity contribution < 1.29 is 24.2 Å². The van der Waals surface area contributed by atoms with Gasteiger partial charge in [0.15, 0.2) is 0 Å². The number of phenols is 1. The van der Waals surface area contributed by atoms with E-state index in [-0.39, 0.29) is 17.0 Å². The molecular formula is C18H14N2O5. The van der Waals surface area contributed by atoms with Gasteiger partial charge in [-0.1, -0.05) is 18.2 Å². The van der Waals surface area contributed by atoms with E-state index in [2.05, 4.69) is 5.32 Å². The van der Waals surface area contributed by atoms with Gasteiger partial charge in [-0.2, -0.15) is 0 Å². The first-order chi connectivity index (χ1) is 12.0. The number of urea groups is 1. The molecular weight excluding hydrogens is 324 g/mol. The molecule has 2 N–H and O–H groups in total. The van der Waals surface area contributed by atoms with Crippen LogP contribution in [0.1, 0.15) is 5.56 Å². The predicted molar refractivity (Wildman–Crippen MR) is 90.1 cm³/mol. The van der Waals surface area contributed by atoms with Gasteiger partial charge in [-0.25, -0.2) is 9.69 Å². The number of anilines is 1. The topological polar surface area (TPSA) is 95.9 Å². The summed E-state index contributed by atoms with van der Waals surface area (Å²) in [6.07, 6.45) is 1.36. The van der Waals surface area contributed by atoms with Crippen molar-refractivity contribution in [3.63, 3.8) is 0 Å². The molecule has 0 bridgehead atoms. The summed E-state index contributed by atoms with van der Waals surface area (Å²) in [6, 6.07) is 11.5. The highest BCUT2D eigenvalue weighted by atomic mass is 16.5. The molecule has 0 radical (unpaired) electrons. The number of methoxy groups -OCH3 is 1. The average molecular weight is 338 g/mol. The van der Waals surface area contributed by atoms with Gasteiger partial charge in [0.1, 0.15) is 17.1 Å². The monoisotopic (exact) mass is 338 g/mol. The minimum atomic E-state index is -0.828. The van der Waals surface area contributed by atoms with Gasteiger partial charge in [0.05, 0.1) is 12.8 Å². The number of barbiturate groups is 1. The van der Waals surface area contributed by atoms with Crippen LogP contribution >= 0.6 is 0 Å². The fourth-order valence-corrected chi connectivity index (χ4v) is 2.38. The summed E-state index contributed by atoms with van der Waals surface area (Å²) in [7, 11) is 1.47. The van der Waals surface area contributed by atoms with Crippen LogP contribution in [0, 0.1) is 0 Å². The second-order valence-electron chi connectivity index (χ2n) is 5.25. The van der Waals surface area contributed by atoms with Gasteiger partial charge in [0.2, 0.25) is 0 Å². The van der Waals surface area contributed by atoms with Crippen LogP contribution in [0.4, 0.5) is 10.5 Å². The van der Waals surface area contributed by atoms with Gasteiger partial charge < -0.3 is 9.84 Å². The Morgan fingerprint density at radius 3 is 2.48 bits per heavy atom. The maximum Gasteiger partial charge on any atom is 0.335 e. The highest BCUT2D eigenvalue weighted by Crippen LogP contribution is 2.25. The number of carbonyl (C=O) groups is 3. The largest absolute Gasteiger partial charge is 0.508 e. The van der Waals surface area contributed by atoms with Gasteiger partial charge >= 0.3 is 6.03 Å². The number of phenolic OH excluding ortho intramolecular Hbond substituents is 1. The molecule has 0 aliphatic carbocycles. The van der Waals surface area contributed by atoms with E-state index in [0.29, 0.717) is 11.3 Å². The minimum Gasteiger partial charge on any atom is -0.508 e. The van der Waals surface area contributed by atoms with Crippen LogP contribution in [0.3, 0.4) is 0 Å². The van der Waals surface area contributed by atoms with E-state index in [1.807, 2.05) is 0 Å². The molecule has 1 aliphatic rings. The lowest BCUT2D eigenvalue weighted by molar-refractivity contribution is -0.122. The van der Waals surface area contributed by atoms with Crippen LogP contribution in [0.25, 0.3) is 6.08 Å². The van der Waals surface area contributed by atoms with Crippen LogP contribution in [-0.4, -0.2) is 30.1 Å². The molecule has 1 aliphatic heterocycles. The lowest BCUT2D eigenvalue weighted by Gasteiger charge is -2.26. The van der Waals surface area contributed by atoms with Crippen LogP contribution < -0.4 is 15.0 Å². The van der Waals surface area contributed by atoms with E-state index in [1.54, 1.807) is 30.3 Å². The highest BCUT2D eigenvalue weighted by Gasteiger charge is 2.36. The number of hydrogen-bond donors (Lipinski definition) is 2. The molecule has 0 aromatic heterocycles. The first-order valence-electron chi connectivity index (χ1n) is 7.34. The summed E-state index contributed by atoms with van der Waals surface area (Å²) in [6.45, 7) is 0. The molecule has 1 heterocycles. The summed E-state index contributed by atoms with van der Waals surface area (Å²) < 4.78 is 5.10. The second kappa shape index (κ2) is 6.48. The molecule has 0 unspecified atom stereocenters. The molecule has 1 saturated heterocycles. The zero-order chi connectivity index (χ0) is 18.0. The number of hydrogen-bond acceptors (Lipinski definition) is 5. The number of nitrogens with one attached hydrogen (secondary N) is 1. The third-order valence-corrected chi connectivity index (χ3v) is 3.62. The first kappa shape index (κ1) is 16.3. The Kier molecular flexibility index (Phi) is 4.21. The number of nitrogens with zero attached hydrogens (tertiary/aromatic N) is 1. The van der Waals surface area contributed by atoms with Gasteiger partial charge in [-0.3, -0.25) is 14.9 Å². The minimum absolute atomic E-state index is 0.0646. The number of rotatable bonds is 3. The fourth-order valence-electron chi connectivity index (χ4n) is 2.38. The predicted octanol–water partition coefficient (Wildman–Crippen LogP) is 2.07. The molecule has 7 heteroatoms. The summed E-state index contributed by atoms with van der Waals surface area (Å²) in [4.78, 5) is 37.8. The molecule has 7 nitrogen and oxygen atoms in total. The lowest BCUT2D eigenvalue weighted by atomic mass is 10.1. The van der Waals surface area contributed by atoms with E-state index in [1.165, 1.54) is 31.4 Å². The maximum atomic E-state index is 12.7. The molecule has 0 saturated carbocycles.